The van der Waals surface area contributed by atoms with Gasteiger partial charge in [0, 0.05) is 31.2 Å². The van der Waals surface area contributed by atoms with Gasteiger partial charge in [0.25, 0.3) is 11.8 Å². The lowest BCUT2D eigenvalue weighted by molar-refractivity contribution is -0.136. The SMILES string of the molecule is CCCCNC1CN(c2ccc3c(c2)C(=O)N(C2CCC(=O)NC2=O)C3=O)C1. The van der Waals surface area contributed by atoms with E-state index in [2.05, 4.69) is 22.5 Å². The number of rotatable bonds is 6. The molecule has 2 saturated heterocycles. The molecule has 4 amide bonds. The molecule has 1 aromatic rings. The van der Waals surface area contributed by atoms with Crippen LogP contribution in [0, 0.1) is 0 Å². The molecule has 3 aliphatic rings. The van der Waals surface area contributed by atoms with Crippen LogP contribution < -0.4 is 15.5 Å². The Labute approximate surface area is 163 Å². The molecule has 8 heteroatoms. The highest BCUT2D eigenvalue weighted by molar-refractivity contribution is 6.23. The van der Waals surface area contributed by atoms with E-state index in [-0.39, 0.29) is 18.7 Å². The third kappa shape index (κ3) is 3.17. The average Bonchev–Trinajstić information content (AvgIpc) is 2.88. The fourth-order valence-corrected chi connectivity index (χ4v) is 3.96. The number of fused-ring (bicyclic) bond motifs is 1. The molecule has 4 rings (SSSR count). The van der Waals surface area contributed by atoms with Gasteiger partial charge in [-0.1, -0.05) is 13.3 Å². The van der Waals surface area contributed by atoms with Crippen molar-refractivity contribution in [2.45, 2.75) is 44.7 Å². The second-order valence-corrected chi connectivity index (χ2v) is 7.59. The molecule has 0 spiro atoms. The van der Waals surface area contributed by atoms with E-state index in [1.807, 2.05) is 6.07 Å². The van der Waals surface area contributed by atoms with Crippen LogP contribution in [0.15, 0.2) is 18.2 Å². The van der Waals surface area contributed by atoms with Gasteiger partial charge in [0.15, 0.2) is 0 Å². The summed E-state index contributed by atoms with van der Waals surface area (Å²) in [6.45, 7) is 4.89. The highest BCUT2D eigenvalue weighted by Gasteiger charge is 2.45. The second kappa shape index (κ2) is 7.35. The Morgan fingerprint density at radius 3 is 2.57 bits per heavy atom. The van der Waals surface area contributed by atoms with Crippen LogP contribution in [0.1, 0.15) is 53.3 Å². The number of carbonyl (C=O) groups excluding carboxylic acids is 4. The molecule has 1 atom stereocenters. The number of imide groups is 2. The van der Waals surface area contributed by atoms with Crippen molar-refractivity contribution in [2.24, 2.45) is 0 Å². The Kier molecular flexibility index (Phi) is 4.89. The van der Waals surface area contributed by atoms with E-state index in [1.54, 1.807) is 12.1 Å². The molecule has 0 radical (unpaired) electrons. The number of amides is 4. The summed E-state index contributed by atoms with van der Waals surface area (Å²) in [6.07, 6.45) is 2.60. The topological polar surface area (TPSA) is 98.8 Å². The monoisotopic (exact) mass is 384 g/mol. The molecule has 28 heavy (non-hydrogen) atoms. The number of hydrogen-bond acceptors (Lipinski definition) is 6. The van der Waals surface area contributed by atoms with Crippen LogP contribution in [0.2, 0.25) is 0 Å². The number of unbranched alkanes of at least 4 members (excludes halogenated alkanes) is 1. The van der Waals surface area contributed by atoms with Crippen LogP contribution in [0.3, 0.4) is 0 Å². The summed E-state index contributed by atoms with van der Waals surface area (Å²) in [5.41, 5.74) is 1.55. The van der Waals surface area contributed by atoms with E-state index >= 15 is 0 Å². The summed E-state index contributed by atoms with van der Waals surface area (Å²) < 4.78 is 0. The van der Waals surface area contributed by atoms with E-state index < -0.39 is 23.8 Å². The smallest absolute Gasteiger partial charge is 0.262 e. The van der Waals surface area contributed by atoms with Gasteiger partial charge in [0.1, 0.15) is 6.04 Å². The zero-order chi connectivity index (χ0) is 19.8. The molecule has 0 aromatic heterocycles. The molecule has 3 aliphatic heterocycles. The Bertz CT molecular complexity index is 847. The summed E-state index contributed by atoms with van der Waals surface area (Å²) in [6, 6.07) is 4.76. The second-order valence-electron chi connectivity index (χ2n) is 7.59. The van der Waals surface area contributed by atoms with Crippen LogP contribution in [0.5, 0.6) is 0 Å². The van der Waals surface area contributed by atoms with E-state index in [9.17, 15) is 19.2 Å². The minimum Gasteiger partial charge on any atom is -0.368 e. The first-order chi connectivity index (χ1) is 13.5. The summed E-state index contributed by atoms with van der Waals surface area (Å²) in [7, 11) is 0. The molecule has 8 nitrogen and oxygen atoms in total. The van der Waals surface area contributed by atoms with Crippen LogP contribution >= 0.6 is 0 Å². The van der Waals surface area contributed by atoms with Crippen molar-refractivity contribution in [3.63, 3.8) is 0 Å². The Morgan fingerprint density at radius 1 is 1.11 bits per heavy atom. The van der Waals surface area contributed by atoms with Gasteiger partial charge in [-0.15, -0.1) is 0 Å². The van der Waals surface area contributed by atoms with Crippen LogP contribution in [-0.4, -0.2) is 60.2 Å². The van der Waals surface area contributed by atoms with Gasteiger partial charge in [-0.3, -0.25) is 29.4 Å². The normalized spacial score (nSPS) is 22.4. The van der Waals surface area contributed by atoms with Crippen molar-refractivity contribution < 1.29 is 19.2 Å². The lowest BCUT2D eigenvalue weighted by Crippen LogP contribution is -2.58. The van der Waals surface area contributed by atoms with Gasteiger partial charge in [-0.2, -0.15) is 0 Å². The number of hydrogen-bond donors (Lipinski definition) is 2. The highest BCUT2D eigenvalue weighted by Crippen LogP contribution is 2.31. The third-order valence-electron chi connectivity index (χ3n) is 5.63. The molecule has 1 aromatic carbocycles. The van der Waals surface area contributed by atoms with Crippen LogP contribution in [0.4, 0.5) is 5.69 Å². The minimum atomic E-state index is -0.926. The maximum absolute atomic E-state index is 12.9. The molecule has 0 saturated carbocycles. The summed E-state index contributed by atoms with van der Waals surface area (Å²) in [5, 5.41) is 5.71. The maximum atomic E-state index is 12.9. The average molecular weight is 384 g/mol. The maximum Gasteiger partial charge on any atom is 0.262 e. The lowest BCUT2D eigenvalue weighted by Gasteiger charge is -2.41. The van der Waals surface area contributed by atoms with Crippen LogP contribution in [0.25, 0.3) is 0 Å². The van der Waals surface area contributed by atoms with Gasteiger partial charge < -0.3 is 10.2 Å². The number of anilines is 1. The summed E-state index contributed by atoms with van der Waals surface area (Å²) in [4.78, 5) is 52.2. The molecule has 2 fully saturated rings. The first kappa shape index (κ1) is 18.6. The minimum absolute atomic E-state index is 0.120. The van der Waals surface area contributed by atoms with E-state index in [0.717, 1.165) is 43.1 Å². The predicted octanol–water partition coefficient (Wildman–Crippen LogP) is 0.666. The molecular weight excluding hydrogens is 360 g/mol. The van der Waals surface area contributed by atoms with Crippen molar-refractivity contribution in [1.82, 2.24) is 15.5 Å². The number of nitrogens with one attached hydrogen (secondary N) is 2. The largest absolute Gasteiger partial charge is 0.368 e. The number of piperidine rings is 1. The fraction of sp³-hybridized carbons (Fsp3) is 0.500. The van der Waals surface area contributed by atoms with E-state index in [0.29, 0.717) is 17.2 Å². The van der Waals surface area contributed by atoms with Gasteiger partial charge >= 0.3 is 0 Å². The van der Waals surface area contributed by atoms with E-state index in [1.165, 1.54) is 0 Å². The first-order valence-electron chi connectivity index (χ1n) is 9.83. The number of nitrogens with zero attached hydrogens (tertiary/aromatic N) is 2. The molecule has 2 N–H and O–H groups in total. The first-order valence-corrected chi connectivity index (χ1v) is 9.83. The molecule has 0 bridgehead atoms. The predicted molar refractivity (Wildman–Crippen MR) is 102 cm³/mol. The summed E-state index contributed by atoms with van der Waals surface area (Å²) >= 11 is 0. The number of carbonyl (C=O) groups is 4. The lowest BCUT2D eigenvalue weighted by atomic mass is 10.0. The number of benzene rings is 1. The Balaban J connectivity index is 1.46. The molecule has 148 valence electrons. The quantitative estimate of drug-likeness (QED) is 0.552. The fourth-order valence-electron chi connectivity index (χ4n) is 3.96. The van der Waals surface area contributed by atoms with Crippen molar-refractivity contribution in [3.05, 3.63) is 29.3 Å². The molecular formula is C20H24N4O4. The standard InChI is InChI=1S/C20H24N4O4/c1-2-3-8-21-12-10-23(11-12)13-4-5-14-15(9-13)20(28)24(19(14)27)16-6-7-17(25)22-18(16)26/h4-5,9,12,16,21H,2-3,6-8,10-11H2,1H3,(H,22,25,26). The van der Waals surface area contributed by atoms with Gasteiger partial charge in [0.2, 0.25) is 11.8 Å². The zero-order valence-electron chi connectivity index (χ0n) is 15.9. The van der Waals surface area contributed by atoms with Crippen molar-refractivity contribution in [1.29, 1.82) is 0 Å². The molecule has 3 heterocycles. The van der Waals surface area contributed by atoms with Gasteiger partial charge in [-0.25, -0.2) is 0 Å². The summed E-state index contributed by atoms with van der Waals surface area (Å²) in [5.74, 6) is -1.90. The highest BCUT2D eigenvalue weighted by atomic mass is 16.2. The Morgan fingerprint density at radius 2 is 1.86 bits per heavy atom. The van der Waals surface area contributed by atoms with Crippen molar-refractivity contribution >= 4 is 29.3 Å². The van der Waals surface area contributed by atoms with Crippen molar-refractivity contribution in [3.8, 4) is 0 Å². The van der Waals surface area contributed by atoms with Crippen molar-refractivity contribution in [2.75, 3.05) is 24.5 Å². The zero-order valence-corrected chi connectivity index (χ0v) is 15.9. The van der Waals surface area contributed by atoms with Gasteiger partial charge in [-0.05, 0) is 37.6 Å². The van der Waals surface area contributed by atoms with Gasteiger partial charge in [0.05, 0.1) is 11.1 Å². The van der Waals surface area contributed by atoms with E-state index in [4.69, 9.17) is 0 Å². The van der Waals surface area contributed by atoms with Crippen LogP contribution in [-0.2, 0) is 9.59 Å². The Hall–Kier alpha value is -2.74. The third-order valence-corrected chi connectivity index (χ3v) is 5.63. The molecule has 1 unspecified atom stereocenters. The molecule has 0 aliphatic carbocycles.